The van der Waals surface area contributed by atoms with Crippen LogP contribution in [0.5, 0.6) is 0 Å². The van der Waals surface area contributed by atoms with Gasteiger partial charge in [-0.2, -0.15) is 11.3 Å². The molecule has 0 radical (unpaired) electrons. The zero-order valence-corrected chi connectivity index (χ0v) is 16.2. The Morgan fingerprint density at radius 2 is 1.96 bits per heavy atom. The van der Waals surface area contributed by atoms with E-state index >= 15 is 0 Å². The van der Waals surface area contributed by atoms with Crippen molar-refractivity contribution in [3.8, 4) is 0 Å². The van der Waals surface area contributed by atoms with Crippen molar-refractivity contribution in [1.82, 2.24) is 10.6 Å². The fourth-order valence-corrected chi connectivity index (χ4v) is 3.28. The Labute approximate surface area is 155 Å². The Morgan fingerprint density at radius 1 is 1.16 bits per heavy atom. The molecule has 0 amide bonds. The number of nitrogens with zero attached hydrogens (tertiary/aromatic N) is 1. The van der Waals surface area contributed by atoms with E-state index in [2.05, 4.69) is 59.5 Å². The fraction of sp³-hybridized carbons (Fsp3) is 0.450. The molecule has 2 aromatic rings. The number of guanidine groups is 1. The molecule has 136 valence electrons. The topological polar surface area (TPSA) is 45.7 Å². The van der Waals surface area contributed by atoms with E-state index in [1.54, 1.807) is 11.3 Å². The van der Waals surface area contributed by atoms with Crippen molar-refractivity contribution >= 4 is 17.3 Å². The number of benzene rings is 1. The highest BCUT2D eigenvalue weighted by molar-refractivity contribution is 7.07. The molecule has 1 aromatic heterocycles. The molecule has 0 spiro atoms. The monoisotopic (exact) mass is 359 g/mol. The standard InChI is InChI=1S/C20H29N3OS/c1-4-21-20(22-12-16(3)19-10-11-25-15-19)23-13-17-8-6-7-9-18(17)14-24-5-2/h6-11,15-16H,4-5,12-14H2,1-3H3,(H2,21,22,23). The number of thiophene rings is 1. The largest absolute Gasteiger partial charge is 0.377 e. The first kappa shape index (κ1) is 19.5. The summed E-state index contributed by atoms with van der Waals surface area (Å²) >= 11 is 1.74. The maximum atomic E-state index is 5.56. The van der Waals surface area contributed by atoms with Crippen LogP contribution in [-0.4, -0.2) is 25.7 Å². The average Bonchev–Trinajstić information content (AvgIpc) is 3.17. The smallest absolute Gasteiger partial charge is 0.191 e. The van der Waals surface area contributed by atoms with Crippen molar-refractivity contribution in [2.24, 2.45) is 4.99 Å². The van der Waals surface area contributed by atoms with E-state index in [0.717, 1.165) is 25.7 Å². The summed E-state index contributed by atoms with van der Waals surface area (Å²) in [7, 11) is 0. The number of rotatable bonds is 9. The normalized spacial score (nSPS) is 12.8. The van der Waals surface area contributed by atoms with E-state index in [4.69, 9.17) is 9.73 Å². The lowest BCUT2D eigenvalue weighted by Crippen LogP contribution is -2.39. The van der Waals surface area contributed by atoms with Crippen LogP contribution < -0.4 is 10.6 Å². The summed E-state index contributed by atoms with van der Waals surface area (Å²) < 4.78 is 5.56. The molecular weight excluding hydrogens is 330 g/mol. The first-order valence-electron chi connectivity index (χ1n) is 8.93. The lowest BCUT2D eigenvalue weighted by atomic mass is 10.1. The quantitative estimate of drug-likeness (QED) is 0.522. The van der Waals surface area contributed by atoms with Crippen LogP contribution in [-0.2, 0) is 17.9 Å². The molecule has 4 nitrogen and oxygen atoms in total. The van der Waals surface area contributed by atoms with Gasteiger partial charge in [-0.1, -0.05) is 31.2 Å². The van der Waals surface area contributed by atoms with Crippen molar-refractivity contribution in [3.63, 3.8) is 0 Å². The molecule has 1 unspecified atom stereocenters. The second-order valence-electron chi connectivity index (χ2n) is 5.94. The Kier molecular flexibility index (Phi) is 8.49. The highest BCUT2D eigenvalue weighted by Gasteiger charge is 2.07. The molecule has 0 saturated heterocycles. The summed E-state index contributed by atoms with van der Waals surface area (Å²) in [5.74, 6) is 1.32. The molecule has 0 saturated carbocycles. The molecule has 2 rings (SSSR count). The van der Waals surface area contributed by atoms with Gasteiger partial charge in [0, 0.05) is 19.7 Å². The summed E-state index contributed by atoms with van der Waals surface area (Å²) in [5, 5.41) is 11.1. The zero-order chi connectivity index (χ0) is 17.9. The first-order chi connectivity index (χ1) is 12.2. The molecular formula is C20H29N3OS. The molecule has 1 atom stereocenters. The second kappa shape index (κ2) is 10.9. The van der Waals surface area contributed by atoms with E-state index in [1.165, 1.54) is 16.7 Å². The van der Waals surface area contributed by atoms with Gasteiger partial charge in [-0.3, -0.25) is 0 Å². The Morgan fingerprint density at radius 3 is 2.64 bits per heavy atom. The summed E-state index contributed by atoms with van der Waals surface area (Å²) in [4.78, 5) is 4.75. The van der Waals surface area contributed by atoms with Crippen LogP contribution in [0.3, 0.4) is 0 Å². The molecule has 25 heavy (non-hydrogen) atoms. The number of hydrogen-bond donors (Lipinski definition) is 2. The third kappa shape index (κ3) is 6.52. The van der Waals surface area contributed by atoms with E-state index in [-0.39, 0.29) is 0 Å². The van der Waals surface area contributed by atoms with Gasteiger partial charge in [0.1, 0.15) is 0 Å². The minimum Gasteiger partial charge on any atom is -0.377 e. The lowest BCUT2D eigenvalue weighted by molar-refractivity contribution is 0.133. The fourth-order valence-electron chi connectivity index (χ4n) is 2.49. The molecule has 0 aliphatic heterocycles. The zero-order valence-electron chi connectivity index (χ0n) is 15.4. The predicted octanol–water partition coefficient (Wildman–Crippen LogP) is 4.14. The van der Waals surface area contributed by atoms with E-state index in [0.29, 0.717) is 19.1 Å². The average molecular weight is 360 g/mol. The van der Waals surface area contributed by atoms with Crippen LogP contribution in [0.4, 0.5) is 0 Å². The molecule has 5 heteroatoms. The molecule has 1 aromatic carbocycles. The van der Waals surface area contributed by atoms with Crippen molar-refractivity contribution in [3.05, 3.63) is 57.8 Å². The van der Waals surface area contributed by atoms with Crippen LogP contribution in [0.2, 0.25) is 0 Å². The van der Waals surface area contributed by atoms with Gasteiger partial charge in [0.15, 0.2) is 5.96 Å². The van der Waals surface area contributed by atoms with Crippen molar-refractivity contribution in [2.45, 2.75) is 39.8 Å². The predicted molar refractivity (Wildman–Crippen MR) is 107 cm³/mol. The Bertz CT molecular complexity index is 640. The van der Waals surface area contributed by atoms with Crippen molar-refractivity contribution < 1.29 is 4.74 Å². The number of aliphatic imine (C=N–C) groups is 1. The third-order valence-corrected chi connectivity index (χ3v) is 4.72. The van der Waals surface area contributed by atoms with Crippen LogP contribution in [0.25, 0.3) is 0 Å². The molecule has 0 aliphatic rings. The highest BCUT2D eigenvalue weighted by atomic mass is 32.1. The van der Waals surface area contributed by atoms with E-state index in [1.807, 2.05) is 13.0 Å². The van der Waals surface area contributed by atoms with Gasteiger partial charge in [0.2, 0.25) is 0 Å². The van der Waals surface area contributed by atoms with Crippen molar-refractivity contribution in [1.29, 1.82) is 0 Å². The number of ether oxygens (including phenoxy) is 1. The molecule has 2 N–H and O–H groups in total. The van der Waals surface area contributed by atoms with E-state index in [9.17, 15) is 0 Å². The summed E-state index contributed by atoms with van der Waals surface area (Å²) in [6, 6.07) is 10.5. The lowest BCUT2D eigenvalue weighted by Gasteiger charge is -2.15. The number of nitrogens with one attached hydrogen (secondary N) is 2. The van der Waals surface area contributed by atoms with Gasteiger partial charge in [-0.15, -0.1) is 0 Å². The molecule has 0 aliphatic carbocycles. The van der Waals surface area contributed by atoms with Gasteiger partial charge in [-0.25, -0.2) is 4.99 Å². The molecule has 1 heterocycles. The van der Waals surface area contributed by atoms with Gasteiger partial charge in [0.25, 0.3) is 0 Å². The Hall–Kier alpha value is -1.85. The minimum absolute atomic E-state index is 0.459. The summed E-state index contributed by atoms with van der Waals surface area (Å²) in [6.45, 7) is 10.1. The van der Waals surface area contributed by atoms with Crippen molar-refractivity contribution in [2.75, 3.05) is 19.7 Å². The Balaban J connectivity index is 1.97. The minimum atomic E-state index is 0.459. The van der Waals surface area contributed by atoms with E-state index < -0.39 is 0 Å². The van der Waals surface area contributed by atoms with Crippen LogP contribution >= 0.6 is 11.3 Å². The highest BCUT2D eigenvalue weighted by Crippen LogP contribution is 2.17. The first-order valence-corrected chi connectivity index (χ1v) is 9.87. The van der Waals surface area contributed by atoms with Crippen LogP contribution in [0.15, 0.2) is 46.1 Å². The number of hydrogen-bond acceptors (Lipinski definition) is 3. The SMILES string of the molecule is CCNC(=NCc1ccccc1COCC)NCC(C)c1ccsc1. The second-order valence-corrected chi connectivity index (χ2v) is 6.72. The van der Waals surface area contributed by atoms with Crippen LogP contribution in [0, 0.1) is 0 Å². The third-order valence-electron chi connectivity index (χ3n) is 4.02. The van der Waals surface area contributed by atoms with Gasteiger partial charge < -0.3 is 15.4 Å². The van der Waals surface area contributed by atoms with Gasteiger partial charge in [0.05, 0.1) is 13.2 Å². The van der Waals surface area contributed by atoms with Gasteiger partial charge >= 0.3 is 0 Å². The molecule has 0 bridgehead atoms. The summed E-state index contributed by atoms with van der Waals surface area (Å²) in [6.07, 6.45) is 0. The maximum Gasteiger partial charge on any atom is 0.191 e. The maximum absolute atomic E-state index is 5.56. The van der Waals surface area contributed by atoms with Crippen LogP contribution in [0.1, 0.15) is 43.4 Å². The summed E-state index contributed by atoms with van der Waals surface area (Å²) in [5.41, 5.74) is 3.78. The molecule has 0 fully saturated rings. The van der Waals surface area contributed by atoms with Gasteiger partial charge in [-0.05, 0) is 53.3 Å².